The van der Waals surface area contributed by atoms with Gasteiger partial charge < -0.3 is 5.32 Å². The summed E-state index contributed by atoms with van der Waals surface area (Å²) < 4.78 is 0. The summed E-state index contributed by atoms with van der Waals surface area (Å²) in [5.41, 5.74) is 2.45. The lowest BCUT2D eigenvalue weighted by Crippen LogP contribution is -2.16. The van der Waals surface area contributed by atoms with Crippen molar-refractivity contribution in [3.63, 3.8) is 0 Å². The van der Waals surface area contributed by atoms with Crippen LogP contribution in [-0.4, -0.2) is 16.7 Å². The minimum Gasteiger partial charge on any atom is -0.312 e. The van der Waals surface area contributed by atoms with Gasteiger partial charge in [0.05, 0.1) is 11.7 Å². The monoisotopic (exact) mass is 215 g/mol. The molecule has 1 aliphatic rings. The Hall–Kier alpha value is -1.35. The molecule has 16 heavy (non-hydrogen) atoms. The number of hydrogen-bond donors (Lipinski definition) is 2. The van der Waals surface area contributed by atoms with Gasteiger partial charge >= 0.3 is 0 Å². The number of rotatable bonds is 4. The summed E-state index contributed by atoms with van der Waals surface area (Å²) in [6.07, 6.45) is 3.25. The van der Waals surface area contributed by atoms with Crippen molar-refractivity contribution in [3.05, 3.63) is 30.0 Å². The molecule has 2 atom stereocenters. The first-order chi connectivity index (χ1) is 7.83. The summed E-state index contributed by atoms with van der Waals surface area (Å²) in [6.45, 7) is 4.43. The molecule has 0 spiro atoms. The van der Waals surface area contributed by atoms with Crippen molar-refractivity contribution >= 4 is 10.9 Å². The molecule has 2 aromatic rings. The second-order valence-electron chi connectivity index (χ2n) is 4.90. The number of nitrogens with one attached hydrogen (secondary N) is 2. The van der Waals surface area contributed by atoms with Crippen molar-refractivity contribution < 1.29 is 0 Å². The van der Waals surface area contributed by atoms with Gasteiger partial charge in [0.15, 0.2) is 0 Å². The average Bonchev–Trinajstić information content (AvgIpc) is 2.80. The molecule has 1 fully saturated rings. The molecule has 3 heteroatoms. The van der Waals surface area contributed by atoms with Crippen molar-refractivity contribution in [1.29, 1.82) is 0 Å². The predicted octanol–water partition coefficient (Wildman–Crippen LogP) is 2.31. The van der Waals surface area contributed by atoms with Gasteiger partial charge in [0, 0.05) is 11.9 Å². The Morgan fingerprint density at radius 2 is 2.38 bits per heavy atom. The topological polar surface area (TPSA) is 40.7 Å². The van der Waals surface area contributed by atoms with Gasteiger partial charge in [-0.1, -0.05) is 19.1 Å². The van der Waals surface area contributed by atoms with E-state index in [2.05, 4.69) is 40.6 Å². The van der Waals surface area contributed by atoms with Crippen LogP contribution < -0.4 is 5.32 Å². The average molecular weight is 215 g/mol. The summed E-state index contributed by atoms with van der Waals surface area (Å²) in [4.78, 5) is 0. The van der Waals surface area contributed by atoms with Crippen molar-refractivity contribution in [1.82, 2.24) is 15.5 Å². The number of aromatic amines is 1. The molecule has 1 saturated carbocycles. The first-order valence-electron chi connectivity index (χ1n) is 5.95. The largest absolute Gasteiger partial charge is 0.312 e. The van der Waals surface area contributed by atoms with Crippen molar-refractivity contribution in [2.45, 2.75) is 19.9 Å². The van der Waals surface area contributed by atoms with Crippen LogP contribution in [0, 0.1) is 11.8 Å². The van der Waals surface area contributed by atoms with E-state index in [9.17, 15) is 0 Å². The lowest BCUT2D eigenvalue weighted by molar-refractivity contribution is 0.612. The van der Waals surface area contributed by atoms with Crippen molar-refractivity contribution in [2.24, 2.45) is 11.8 Å². The quantitative estimate of drug-likeness (QED) is 0.821. The molecule has 1 aliphatic carbocycles. The van der Waals surface area contributed by atoms with E-state index in [1.807, 2.05) is 6.20 Å². The van der Waals surface area contributed by atoms with E-state index >= 15 is 0 Å². The fraction of sp³-hybridized carbons (Fsp3) is 0.462. The molecule has 2 N–H and O–H groups in total. The zero-order valence-corrected chi connectivity index (χ0v) is 9.53. The first kappa shape index (κ1) is 9.85. The van der Waals surface area contributed by atoms with Crippen LogP contribution in [0.3, 0.4) is 0 Å². The fourth-order valence-electron chi connectivity index (χ4n) is 2.18. The Bertz CT molecular complexity index is 489. The summed E-state index contributed by atoms with van der Waals surface area (Å²) in [7, 11) is 0. The van der Waals surface area contributed by atoms with Gasteiger partial charge in [-0.25, -0.2) is 0 Å². The molecule has 84 valence electrons. The van der Waals surface area contributed by atoms with Crippen LogP contribution in [-0.2, 0) is 6.54 Å². The van der Waals surface area contributed by atoms with Crippen LogP contribution in [0.2, 0.25) is 0 Å². The second kappa shape index (κ2) is 3.91. The van der Waals surface area contributed by atoms with Crippen molar-refractivity contribution in [3.8, 4) is 0 Å². The molecule has 1 aromatic heterocycles. The molecule has 1 heterocycles. The van der Waals surface area contributed by atoms with E-state index in [4.69, 9.17) is 0 Å². The molecule has 3 rings (SSSR count). The second-order valence-corrected chi connectivity index (χ2v) is 4.90. The highest BCUT2D eigenvalue weighted by atomic mass is 15.1. The van der Waals surface area contributed by atoms with Crippen LogP contribution in [0.1, 0.15) is 18.9 Å². The van der Waals surface area contributed by atoms with Crippen LogP contribution in [0.25, 0.3) is 10.9 Å². The predicted molar refractivity (Wildman–Crippen MR) is 65.1 cm³/mol. The Morgan fingerprint density at radius 1 is 1.50 bits per heavy atom. The van der Waals surface area contributed by atoms with Gasteiger partial charge in [0.25, 0.3) is 0 Å². The smallest absolute Gasteiger partial charge is 0.0653 e. The van der Waals surface area contributed by atoms with E-state index < -0.39 is 0 Å². The number of hydrogen-bond acceptors (Lipinski definition) is 2. The summed E-state index contributed by atoms with van der Waals surface area (Å²) in [5.74, 6) is 1.85. The third-order valence-corrected chi connectivity index (χ3v) is 3.52. The normalized spacial score (nSPS) is 23.8. The fourth-order valence-corrected chi connectivity index (χ4v) is 2.18. The van der Waals surface area contributed by atoms with Gasteiger partial charge in [-0.05, 0) is 36.4 Å². The van der Waals surface area contributed by atoms with Crippen molar-refractivity contribution in [2.75, 3.05) is 6.54 Å². The highest BCUT2D eigenvalue weighted by molar-refractivity contribution is 5.78. The zero-order valence-electron chi connectivity index (χ0n) is 9.53. The van der Waals surface area contributed by atoms with Crippen LogP contribution in [0.4, 0.5) is 0 Å². The maximum absolute atomic E-state index is 4.03. The van der Waals surface area contributed by atoms with E-state index in [1.54, 1.807) is 0 Å². The first-order valence-corrected chi connectivity index (χ1v) is 5.95. The molecule has 0 saturated heterocycles. The molecular weight excluding hydrogens is 198 g/mol. The van der Waals surface area contributed by atoms with Gasteiger partial charge in [-0.3, -0.25) is 5.10 Å². The summed E-state index contributed by atoms with van der Waals surface area (Å²) in [6, 6.07) is 6.46. The molecule has 1 aromatic carbocycles. The minimum absolute atomic E-state index is 0.913. The number of aromatic nitrogens is 2. The Balaban J connectivity index is 1.60. The molecule has 2 unspecified atom stereocenters. The standard InChI is InChI=1S/C13H17N3/c1-9-4-12(9)7-14-6-10-2-3-11-8-15-16-13(11)5-10/h2-3,5,8-9,12,14H,4,6-7H2,1H3,(H,15,16). The zero-order chi connectivity index (χ0) is 11.0. The maximum atomic E-state index is 4.03. The Morgan fingerprint density at radius 3 is 3.19 bits per heavy atom. The highest BCUT2D eigenvalue weighted by Crippen LogP contribution is 2.36. The van der Waals surface area contributed by atoms with Crippen LogP contribution in [0.15, 0.2) is 24.4 Å². The van der Waals surface area contributed by atoms with Crippen LogP contribution in [0.5, 0.6) is 0 Å². The molecular formula is C13H17N3. The van der Waals surface area contributed by atoms with Gasteiger partial charge in [0.1, 0.15) is 0 Å². The van der Waals surface area contributed by atoms with Gasteiger partial charge in [0.2, 0.25) is 0 Å². The highest BCUT2D eigenvalue weighted by Gasteiger charge is 2.31. The Labute approximate surface area is 95.2 Å². The third-order valence-electron chi connectivity index (χ3n) is 3.52. The molecule has 0 radical (unpaired) electrons. The summed E-state index contributed by atoms with van der Waals surface area (Å²) in [5, 5.41) is 11.7. The lowest BCUT2D eigenvalue weighted by atomic mass is 10.1. The number of nitrogens with zero attached hydrogens (tertiary/aromatic N) is 1. The third kappa shape index (κ3) is 1.95. The van der Waals surface area contributed by atoms with E-state index in [0.29, 0.717) is 0 Å². The molecule has 0 aliphatic heterocycles. The SMILES string of the molecule is CC1CC1CNCc1ccc2cn[nH]c2c1. The molecule has 0 amide bonds. The lowest BCUT2D eigenvalue weighted by Gasteiger charge is -2.04. The maximum Gasteiger partial charge on any atom is 0.0653 e. The van der Waals surface area contributed by atoms with Gasteiger partial charge in [-0.2, -0.15) is 5.10 Å². The number of fused-ring (bicyclic) bond motifs is 1. The van der Waals surface area contributed by atoms with Crippen LogP contribution >= 0.6 is 0 Å². The van der Waals surface area contributed by atoms with E-state index in [-0.39, 0.29) is 0 Å². The van der Waals surface area contributed by atoms with E-state index in [1.165, 1.54) is 17.4 Å². The number of H-pyrrole nitrogens is 1. The minimum atomic E-state index is 0.913. The number of benzene rings is 1. The molecule has 0 bridgehead atoms. The van der Waals surface area contributed by atoms with Gasteiger partial charge in [-0.15, -0.1) is 0 Å². The van der Waals surface area contributed by atoms with E-state index in [0.717, 1.165) is 30.4 Å². The Kier molecular flexibility index (Phi) is 2.40. The summed E-state index contributed by atoms with van der Waals surface area (Å²) >= 11 is 0. The molecule has 3 nitrogen and oxygen atoms in total.